The summed E-state index contributed by atoms with van der Waals surface area (Å²) >= 11 is 20.3. The zero-order valence-electron chi connectivity index (χ0n) is 15.4. The average Bonchev–Trinajstić information content (AvgIpc) is 3.20. The molecule has 0 spiro atoms. The molecule has 0 N–H and O–H groups in total. The fourth-order valence-corrected chi connectivity index (χ4v) is 5.19. The Morgan fingerprint density at radius 3 is 2.53 bits per heavy atom. The number of aromatic nitrogens is 2. The van der Waals surface area contributed by atoms with Gasteiger partial charge in [-0.1, -0.05) is 77.3 Å². The SMILES string of the molecule is O=c1c2c(-c3cccc4ccccc34)csc2ncn1Cc1c(Cl)ccc(Cl)c1Cl. The van der Waals surface area contributed by atoms with Crippen LogP contribution in [0.15, 0.2) is 71.1 Å². The molecule has 2 heterocycles. The third kappa shape index (κ3) is 3.21. The van der Waals surface area contributed by atoms with E-state index in [1.54, 1.807) is 12.1 Å². The molecule has 30 heavy (non-hydrogen) atoms. The van der Waals surface area contributed by atoms with Crippen LogP contribution in [0, 0.1) is 0 Å². The molecule has 0 bridgehead atoms. The van der Waals surface area contributed by atoms with Crippen molar-refractivity contribution in [3.63, 3.8) is 0 Å². The van der Waals surface area contributed by atoms with Crippen molar-refractivity contribution in [1.82, 2.24) is 9.55 Å². The first-order valence-corrected chi connectivity index (χ1v) is 11.1. The summed E-state index contributed by atoms with van der Waals surface area (Å²) in [5.74, 6) is 0. The number of fused-ring (bicyclic) bond motifs is 2. The molecule has 0 radical (unpaired) electrons. The lowest BCUT2D eigenvalue weighted by atomic mass is 9.99. The van der Waals surface area contributed by atoms with Crippen LogP contribution in [0.1, 0.15) is 5.56 Å². The van der Waals surface area contributed by atoms with Gasteiger partial charge in [0.05, 0.1) is 28.3 Å². The van der Waals surface area contributed by atoms with E-state index in [1.165, 1.54) is 22.2 Å². The average molecular weight is 472 g/mol. The lowest BCUT2D eigenvalue weighted by Gasteiger charge is -2.11. The second-order valence-corrected chi connectivity index (χ2v) is 8.91. The van der Waals surface area contributed by atoms with Gasteiger partial charge in [-0.25, -0.2) is 4.98 Å². The Labute approximate surface area is 191 Å². The van der Waals surface area contributed by atoms with Crippen molar-refractivity contribution >= 4 is 67.1 Å². The molecule has 0 fully saturated rings. The van der Waals surface area contributed by atoms with Gasteiger partial charge in [0, 0.05) is 21.5 Å². The molecule has 2 aromatic heterocycles. The van der Waals surface area contributed by atoms with E-state index in [-0.39, 0.29) is 12.1 Å². The van der Waals surface area contributed by atoms with Crippen molar-refractivity contribution in [2.75, 3.05) is 0 Å². The van der Waals surface area contributed by atoms with Crippen LogP contribution >= 0.6 is 46.1 Å². The molecular weight excluding hydrogens is 459 g/mol. The van der Waals surface area contributed by atoms with Gasteiger partial charge in [0.2, 0.25) is 0 Å². The van der Waals surface area contributed by atoms with Crippen molar-refractivity contribution in [1.29, 1.82) is 0 Å². The zero-order valence-corrected chi connectivity index (χ0v) is 18.5. The van der Waals surface area contributed by atoms with E-state index in [1.807, 2.05) is 29.6 Å². The van der Waals surface area contributed by atoms with Gasteiger partial charge in [0.15, 0.2) is 0 Å². The first-order valence-electron chi connectivity index (χ1n) is 9.12. The molecule has 0 saturated carbocycles. The maximum Gasteiger partial charge on any atom is 0.263 e. The molecule has 148 valence electrons. The largest absolute Gasteiger partial charge is 0.294 e. The molecule has 0 aliphatic rings. The molecule has 5 rings (SSSR count). The Morgan fingerprint density at radius 2 is 1.67 bits per heavy atom. The Hall–Kier alpha value is -2.37. The van der Waals surface area contributed by atoms with E-state index in [2.05, 4.69) is 23.2 Å². The third-order valence-electron chi connectivity index (χ3n) is 5.11. The summed E-state index contributed by atoms with van der Waals surface area (Å²) in [5, 5.41) is 5.99. The summed E-state index contributed by atoms with van der Waals surface area (Å²) in [6, 6.07) is 17.5. The fourth-order valence-electron chi connectivity index (χ4n) is 3.62. The van der Waals surface area contributed by atoms with E-state index in [9.17, 15) is 4.79 Å². The lowest BCUT2D eigenvalue weighted by Crippen LogP contribution is -2.21. The first-order chi connectivity index (χ1) is 14.5. The van der Waals surface area contributed by atoms with Crippen LogP contribution in [0.3, 0.4) is 0 Å². The summed E-state index contributed by atoms with van der Waals surface area (Å²) in [7, 11) is 0. The highest BCUT2D eigenvalue weighted by molar-refractivity contribution is 7.17. The molecule has 3 aromatic carbocycles. The highest BCUT2D eigenvalue weighted by Gasteiger charge is 2.17. The topological polar surface area (TPSA) is 34.9 Å². The van der Waals surface area contributed by atoms with Crippen molar-refractivity contribution in [3.05, 3.63) is 97.3 Å². The van der Waals surface area contributed by atoms with Crippen molar-refractivity contribution in [3.8, 4) is 11.1 Å². The minimum atomic E-state index is -0.142. The smallest absolute Gasteiger partial charge is 0.263 e. The van der Waals surface area contributed by atoms with Gasteiger partial charge in [-0.15, -0.1) is 11.3 Å². The molecule has 7 heteroatoms. The first kappa shape index (κ1) is 19.6. The second-order valence-electron chi connectivity index (χ2n) is 6.86. The van der Waals surface area contributed by atoms with Gasteiger partial charge in [-0.3, -0.25) is 9.36 Å². The molecule has 0 unspecified atom stereocenters. The molecular formula is C23H13Cl3N2OS. The van der Waals surface area contributed by atoms with Crippen LogP contribution in [-0.4, -0.2) is 9.55 Å². The van der Waals surface area contributed by atoms with E-state index < -0.39 is 0 Å². The van der Waals surface area contributed by atoms with Crippen LogP contribution in [0.25, 0.3) is 32.1 Å². The van der Waals surface area contributed by atoms with Crippen LogP contribution in [0.5, 0.6) is 0 Å². The minimum Gasteiger partial charge on any atom is -0.294 e. The van der Waals surface area contributed by atoms with Gasteiger partial charge < -0.3 is 0 Å². The van der Waals surface area contributed by atoms with Crippen molar-refractivity contribution in [2.45, 2.75) is 6.54 Å². The molecule has 0 aliphatic heterocycles. The number of hydrogen-bond donors (Lipinski definition) is 0. The maximum absolute atomic E-state index is 13.4. The third-order valence-corrected chi connectivity index (χ3v) is 7.19. The lowest BCUT2D eigenvalue weighted by molar-refractivity contribution is 0.750. The quantitative estimate of drug-likeness (QED) is 0.259. The minimum absolute atomic E-state index is 0.142. The highest BCUT2D eigenvalue weighted by Crippen LogP contribution is 2.36. The van der Waals surface area contributed by atoms with E-state index in [0.717, 1.165) is 21.9 Å². The Morgan fingerprint density at radius 1 is 0.900 bits per heavy atom. The number of benzene rings is 3. The Balaban J connectivity index is 1.71. The number of nitrogens with zero attached hydrogens (tertiary/aromatic N) is 2. The van der Waals surface area contributed by atoms with Gasteiger partial charge in [-0.05, 0) is 28.5 Å². The van der Waals surface area contributed by atoms with Crippen LogP contribution in [0.2, 0.25) is 15.1 Å². The maximum atomic E-state index is 13.4. The molecule has 5 aromatic rings. The number of hydrogen-bond acceptors (Lipinski definition) is 3. The highest BCUT2D eigenvalue weighted by atomic mass is 35.5. The standard InChI is InChI=1S/C23H13Cl3N2OS/c24-18-8-9-19(25)21(26)16(18)10-28-12-27-22-20(23(28)29)17(11-30-22)15-7-3-5-13-4-1-2-6-14(13)15/h1-9,11-12H,10H2. The second kappa shape index (κ2) is 7.71. The van der Waals surface area contributed by atoms with Gasteiger partial charge in [-0.2, -0.15) is 0 Å². The van der Waals surface area contributed by atoms with E-state index in [0.29, 0.717) is 30.8 Å². The summed E-state index contributed by atoms with van der Waals surface area (Å²) in [4.78, 5) is 18.6. The van der Waals surface area contributed by atoms with Crippen LogP contribution in [0.4, 0.5) is 0 Å². The Kier molecular flexibility index (Phi) is 5.03. The number of thiophene rings is 1. The number of halogens is 3. The predicted octanol–water partition coefficient (Wildman–Crippen LogP) is 7.29. The van der Waals surface area contributed by atoms with Gasteiger partial charge in [0.25, 0.3) is 5.56 Å². The molecule has 3 nitrogen and oxygen atoms in total. The normalized spacial score (nSPS) is 11.4. The molecule has 0 amide bonds. The van der Waals surface area contributed by atoms with E-state index in [4.69, 9.17) is 34.8 Å². The van der Waals surface area contributed by atoms with Gasteiger partial charge in [0.1, 0.15) is 4.83 Å². The molecule has 0 aliphatic carbocycles. The van der Waals surface area contributed by atoms with Crippen LogP contribution in [-0.2, 0) is 6.54 Å². The Bertz CT molecular complexity index is 1480. The fraction of sp³-hybridized carbons (Fsp3) is 0.0435. The zero-order chi connectivity index (χ0) is 20.8. The summed E-state index contributed by atoms with van der Waals surface area (Å²) in [6.07, 6.45) is 1.53. The van der Waals surface area contributed by atoms with Crippen molar-refractivity contribution < 1.29 is 0 Å². The molecule has 0 atom stereocenters. The number of rotatable bonds is 3. The van der Waals surface area contributed by atoms with Crippen molar-refractivity contribution in [2.24, 2.45) is 0 Å². The van der Waals surface area contributed by atoms with Crippen LogP contribution < -0.4 is 5.56 Å². The summed E-state index contributed by atoms with van der Waals surface area (Å²) in [5.41, 5.74) is 2.34. The predicted molar refractivity (Wildman–Crippen MR) is 127 cm³/mol. The van der Waals surface area contributed by atoms with E-state index >= 15 is 0 Å². The molecule has 0 saturated heterocycles. The summed E-state index contributed by atoms with van der Waals surface area (Å²) < 4.78 is 1.52. The monoisotopic (exact) mass is 470 g/mol. The van der Waals surface area contributed by atoms with Gasteiger partial charge >= 0.3 is 0 Å². The summed E-state index contributed by atoms with van der Waals surface area (Å²) in [6.45, 7) is 0.185.